The molecule has 0 spiro atoms. The zero-order valence-corrected chi connectivity index (χ0v) is 11.1. The number of carbonyl (C=O) groups is 1. The molecule has 18 heavy (non-hydrogen) atoms. The lowest BCUT2D eigenvalue weighted by Crippen LogP contribution is -2.53. The van der Waals surface area contributed by atoms with E-state index >= 15 is 0 Å². The minimum Gasteiger partial charge on any atom is -0.348 e. The van der Waals surface area contributed by atoms with Crippen LogP contribution in [0.15, 0.2) is 24.5 Å². The molecule has 2 atom stereocenters. The van der Waals surface area contributed by atoms with Crippen molar-refractivity contribution in [1.29, 1.82) is 0 Å². The largest absolute Gasteiger partial charge is 0.348 e. The van der Waals surface area contributed by atoms with Gasteiger partial charge in [0.05, 0.1) is 11.6 Å². The Kier molecular flexibility index (Phi) is 3.97. The molecule has 4 nitrogen and oxygen atoms in total. The summed E-state index contributed by atoms with van der Waals surface area (Å²) in [6.07, 6.45) is 6.37. The second kappa shape index (κ2) is 5.48. The fourth-order valence-electron chi connectivity index (χ4n) is 2.51. The molecule has 4 heteroatoms. The summed E-state index contributed by atoms with van der Waals surface area (Å²) in [7, 11) is 0. The lowest BCUT2D eigenvalue weighted by Gasteiger charge is -2.28. The van der Waals surface area contributed by atoms with Crippen molar-refractivity contribution in [2.24, 2.45) is 0 Å². The van der Waals surface area contributed by atoms with Gasteiger partial charge in [-0.05, 0) is 44.4 Å². The van der Waals surface area contributed by atoms with Gasteiger partial charge in [0.25, 0.3) is 0 Å². The highest BCUT2D eigenvalue weighted by atomic mass is 16.2. The highest BCUT2D eigenvalue weighted by Crippen LogP contribution is 2.24. The first-order valence-corrected chi connectivity index (χ1v) is 6.64. The highest BCUT2D eigenvalue weighted by molar-refractivity contribution is 5.87. The molecule has 1 aromatic rings. The number of rotatable bonds is 4. The van der Waals surface area contributed by atoms with Crippen LogP contribution in [0.2, 0.25) is 0 Å². The van der Waals surface area contributed by atoms with Gasteiger partial charge >= 0.3 is 0 Å². The Hall–Kier alpha value is -1.42. The fourth-order valence-corrected chi connectivity index (χ4v) is 2.51. The predicted molar refractivity (Wildman–Crippen MR) is 71.1 cm³/mol. The van der Waals surface area contributed by atoms with E-state index in [1.807, 2.05) is 19.1 Å². The first-order chi connectivity index (χ1) is 8.68. The van der Waals surface area contributed by atoms with Gasteiger partial charge < -0.3 is 10.6 Å². The molecule has 2 rings (SSSR count). The number of hydrogen-bond acceptors (Lipinski definition) is 3. The van der Waals surface area contributed by atoms with Crippen molar-refractivity contribution < 1.29 is 4.79 Å². The van der Waals surface area contributed by atoms with E-state index in [1.54, 1.807) is 12.4 Å². The van der Waals surface area contributed by atoms with Gasteiger partial charge in [-0.15, -0.1) is 0 Å². The van der Waals surface area contributed by atoms with E-state index in [0.29, 0.717) is 0 Å². The standard InChI is InChI=1S/C14H21N3O/c1-3-14(7-5-9-16-14)13(18)17-11(2)12-6-4-8-15-10-12/h4,6,8,10-11,16H,3,5,7,9H2,1-2H3,(H,17,18). The first kappa shape index (κ1) is 13.0. The van der Waals surface area contributed by atoms with E-state index in [9.17, 15) is 4.79 Å². The molecule has 1 aliphatic rings. The van der Waals surface area contributed by atoms with Crippen molar-refractivity contribution >= 4 is 5.91 Å². The van der Waals surface area contributed by atoms with Crippen molar-refractivity contribution in [3.63, 3.8) is 0 Å². The van der Waals surface area contributed by atoms with Gasteiger partial charge in [-0.2, -0.15) is 0 Å². The van der Waals surface area contributed by atoms with Crippen molar-refractivity contribution in [2.45, 2.75) is 44.7 Å². The monoisotopic (exact) mass is 247 g/mol. The molecular weight excluding hydrogens is 226 g/mol. The summed E-state index contributed by atoms with van der Waals surface area (Å²) in [4.78, 5) is 16.5. The fraction of sp³-hybridized carbons (Fsp3) is 0.571. The molecule has 98 valence electrons. The maximum Gasteiger partial charge on any atom is 0.240 e. The normalized spacial score (nSPS) is 24.8. The number of nitrogens with zero attached hydrogens (tertiary/aromatic N) is 1. The molecule has 1 aliphatic heterocycles. The van der Waals surface area contributed by atoms with E-state index < -0.39 is 0 Å². The summed E-state index contributed by atoms with van der Waals surface area (Å²) in [5.74, 6) is 0.110. The molecule has 1 aromatic heterocycles. The van der Waals surface area contributed by atoms with Gasteiger partial charge in [0.15, 0.2) is 0 Å². The number of amides is 1. The molecule has 0 aromatic carbocycles. The summed E-state index contributed by atoms with van der Waals surface area (Å²) < 4.78 is 0. The maximum atomic E-state index is 12.4. The minimum atomic E-state index is -0.365. The summed E-state index contributed by atoms with van der Waals surface area (Å²) in [5, 5.41) is 6.44. The smallest absolute Gasteiger partial charge is 0.240 e. The minimum absolute atomic E-state index is 0.00275. The van der Waals surface area contributed by atoms with Gasteiger partial charge in [0, 0.05) is 12.4 Å². The second-order valence-electron chi connectivity index (χ2n) is 4.95. The third-order valence-electron chi connectivity index (χ3n) is 3.81. The number of aromatic nitrogens is 1. The predicted octanol–water partition coefficient (Wildman–Crippen LogP) is 1.79. The van der Waals surface area contributed by atoms with E-state index in [2.05, 4.69) is 22.5 Å². The van der Waals surface area contributed by atoms with E-state index in [-0.39, 0.29) is 17.5 Å². The molecular formula is C14H21N3O. The molecule has 2 heterocycles. The molecule has 1 fully saturated rings. The summed E-state index contributed by atoms with van der Waals surface area (Å²) in [6.45, 7) is 4.99. The van der Waals surface area contributed by atoms with Crippen LogP contribution in [0.25, 0.3) is 0 Å². The molecule has 1 saturated heterocycles. The third kappa shape index (κ3) is 2.53. The summed E-state index contributed by atoms with van der Waals surface area (Å²) in [5.41, 5.74) is 0.673. The SMILES string of the molecule is CCC1(C(=O)NC(C)c2cccnc2)CCCN1. The van der Waals surface area contributed by atoms with Crippen LogP contribution < -0.4 is 10.6 Å². The second-order valence-corrected chi connectivity index (χ2v) is 4.95. The Balaban J connectivity index is 2.03. The molecule has 0 radical (unpaired) electrons. The third-order valence-corrected chi connectivity index (χ3v) is 3.81. The van der Waals surface area contributed by atoms with Crippen LogP contribution in [-0.2, 0) is 4.79 Å². The van der Waals surface area contributed by atoms with E-state index in [1.165, 1.54) is 0 Å². The van der Waals surface area contributed by atoms with Gasteiger partial charge in [-0.1, -0.05) is 13.0 Å². The Morgan fingerprint density at radius 1 is 1.67 bits per heavy atom. The quantitative estimate of drug-likeness (QED) is 0.853. The molecule has 2 N–H and O–H groups in total. The summed E-state index contributed by atoms with van der Waals surface area (Å²) >= 11 is 0. The number of hydrogen-bond donors (Lipinski definition) is 2. The van der Waals surface area contributed by atoms with Crippen LogP contribution in [-0.4, -0.2) is 23.0 Å². The van der Waals surface area contributed by atoms with Gasteiger partial charge in [0.1, 0.15) is 0 Å². The number of pyridine rings is 1. The van der Waals surface area contributed by atoms with Crippen LogP contribution in [0.3, 0.4) is 0 Å². The van der Waals surface area contributed by atoms with Gasteiger partial charge in [-0.3, -0.25) is 9.78 Å². The lowest BCUT2D eigenvalue weighted by atomic mass is 9.92. The van der Waals surface area contributed by atoms with E-state index in [4.69, 9.17) is 0 Å². The van der Waals surface area contributed by atoms with Crippen molar-refractivity contribution in [2.75, 3.05) is 6.54 Å². The van der Waals surface area contributed by atoms with Crippen LogP contribution in [0.1, 0.15) is 44.7 Å². The number of carbonyl (C=O) groups excluding carboxylic acids is 1. The van der Waals surface area contributed by atoms with Gasteiger partial charge in [-0.25, -0.2) is 0 Å². The van der Waals surface area contributed by atoms with Crippen LogP contribution >= 0.6 is 0 Å². The average Bonchev–Trinajstić information content (AvgIpc) is 2.89. The van der Waals surface area contributed by atoms with Crippen molar-refractivity contribution in [3.05, 3.63) is 30.1 Å². The van der Waals surface area contributed by atoms with Crippen molar-refractivity contribution in [3.8, 4) is 0 Å². The Bertz CT molecular complexity index is 399. The van der Waals surface area contributed by atoms with Crippen LogP contribution in [0.4, 0.5) is 0 Å². The Labute approximate surface area is 108 Å². The molecule has 0 bridgehead atoms. The zero-order valence-electron chi connectivity index (χ0n) is 11.1. The van der Waals surface area contributed by atoms with Crippen molar-refractivity contribution in [1.82, 2.24) is 15.6 Å². The first-order valence-electron chi connectivity index (χ1n) is 6.64. The molecule has 0 saturated carbocycles. The maximum absolute atomic E-state index is 12.4. The van der Waals surface area contributed by atoms with Crippen LogP contribution in [0, 0.1) is 0 Å². The topological polar surface area (TPSA) is 54.0 Å². The molecule has 2 unspecified atom stereocenters. The molecule has 0 aliphatic carbocycles. The van der Waals surface area contributed by atoms with E-state index in [0.717, 1.165) is 31.4 Å². The Morgan fingerprint density at radius 3 is 3.06 bits per heavy atom. The summed E-state index contributed by atoms with van der Waals surface area (Å²) in [6, 6.07) is 3.87. The average molecular weight is 247 g/mol. The van der Waals surface area contributed by atoms with Crippen LogP contribution in [0.5, 0.6) is 0 Å². The lowest BCUT2D eigenvalue weighted by molar-refractivity contribution is -0.128. The highest BCUT2D eigenvalue weighted by Gasteiger charge is 2.39. The molecule has 1 amide bonds. The zero-order chi connectivity index (χ0) is 13.0. The Morgan fingerprint density at radius 2 is 2.50 bits per heavy atom. The van der Waals surface area contributed by atoms with Gasteiger partial charge in [0.2, 0.25) is 5.91 Å². The number of nitrogens with one attached hydrogen (secondary N) is 2.